The largest absolute Gasteiger partial charge is 0.451 e. The number of carbonyl (C=O) groups excluding carboxylic acids is 1. The molecule has 0 bridgehead atoms. The van der Waals surface area contributed by atoms with Crippen LogP contribution in [0.15, 0.2) is 46.3 Å². The second-order valence-electron chi connectivity index (χ2n) is 6.58. The monoisotopic (exact) mass is 398 g/mol. The molecular weight excluding hydrogens is 376 g/mol. The standard InChI is InChI=1S/C20H22N4O3S/c1-2-14-3-5-15(6-4-14)17-7-8-18(27-17)19(25)21-11-16-12-24(9-10-26-16)20-23-22-13-28-20/h3-8,13,16H,2,9-12H2,1H3,(H,21,25). The molecular formula is C20H22N4O3S. The Hall–Kier alpha value is -2.71. The van der Waals surface area contributed by atoms with Crippen molar-refractivity contribution in [1.82, 2.24) is 15.5 Å². The van der Waals surface area contributed by atoms with Gasteiger partial charge >= 0.3 is 0 Å². The summed E-state index contributed by atoms with van der Waals surface area (Å²) in [5.41, 5.74) is 3.94. The fourth-order valence-electron chi connectivity index (χ4n) is 3.14. The van der Waals surface area contributed by atoms with Crippen molar-refractivity contribution in [1.29, 1.82) is 0 Å². The number of nitrogens with one attached hydrogen (secondary N) is 1. The van der Waals surface area contributed by atoms with Crippen LogP contribution in [0.4, 0.5) is 5.13 Å². The SMILES string of the molecule is CCc1ccc(-c2ccc(C(=O)NCC3CN(c4nncs4)CCO3)o2)cc1. The highest BCUT2D eigenvalue weighted by Crippen LogP contribution is 2.23. The number of ether oxygens (including phenoxy) is 1. The summed E-state index contributed by atoms with van der Waals surface area (Å²) < 4.78 is 11.5. The fraction of sp³-hybridized carbons (Fsp3) is 0.350. The van der Waals surface area contributed by atoms with Crippen molar-refractivity contribution in [2.45, 2.75) is 19.4 Å². The Balaban J connectivity index is 1.33. The van der Waals surface area contributed by atoms with Crippen LogP contribution in [0.2, 0.25) is 0 Å². The van der Waals surface area contributed by atoms with Crippen molar-refractivity contribution in [2.24, 2.45) is 0 Å². The molecule has 8 heteroatoms. The van der Waals surface area contributed by atoms with E-state index in [0.29, 0.717) is 31.2 Å². The van der Waals surface area contributed by atoms with E-state index in [4.69, 9.17) is 9.15 Å². The van der Waals surface area contributed by atoms with Gasteiger partial charge in [0.1, 0.15) is 11.3 Å². The lowest BCUT2D eigenvalue weighted by atomic mass is 10.1. The first kappa shape index (κ1) is 18.6. The van der Waals surface area contributed by atoms with Crippen LogP contribution in [-0.4, -0.2) is 48.4 Å². The maximum Gasteiger partial charge on any atom is 0.287 e. The first-order chi connectivity index (χ1) is 13.7. The number of aromatic nitrogens is 2. The van der Waals surface area contributed by atoms with Gasteiger partial charge in [-0.2, -0.15) is 0 Å². The molecule has 3 aromatic rings. The minimum atomic E-state index is -0.243. The van der Waals surface area contributed by atoms with Gasteiger partial charge < -0.3 is 19.4 Å². The van der Waals surface area contributed by atoms with Crippen molar-refractivity contribution < 1.29 is 13.9 Å². The number of carbonyl (C=O) groups is 1. The molecule has 1 amide bonds. The van der Waals surface area contributed by atoms with Crippen LogP contribution in [-0.2, 0) is 11.2 Å². The molecule has 2 aromatic heterocycles. The van der Waals surface area contributed by atoms with Crippen LogP contribution in [0.1, 0.15) is 23.0 Å². The average molecular weight is 398 g/mol. The van der Waals surface area contributed by atoms with E-state index in [2.05, 4.69) is 39.5 Å². The third-order valence-electron chi connectivity index (χ3n) is 4.72. The molecule has 0 spiro atoms. The molecule has 0 aliphatic carbocycles. The highest BCUT2D eigenvalue weighted by molar-refractivity contribution is 7.13. The van der Waals surface area contributed by atoms with Crippen molar-refractivity contribution in [2.75, 3.05) is 31.1 Å². The lowest BCUT2D eigenvalue weighted by molar-refractivity contribution is 0.0393. The van der Waals surface area contributed by atoms with Crippen LogP contribution in [0.3, 0.4) is 0 Å². The number of furan rings is 1. The first-order valence-corrected chi connectivity index (χ1v) is 10.2. The number of hydrogen-bond acceptors (Lipinski definition) is 7. The van der Waals surface area contributed by atoms with Crippen LogP contribution in [0.5, 0.6) is 0 Å². The fourth-order valence-corrected chi connectivity index (χ4v) is 3.73. The summed E-state index contributed by atoms with van der Waals surface area (Å²) >= 11 is 1.50. The van der Waals surface area contributed by atoms with Gasteiger partial charge in [-0.3, -0.25) is 4.79 Å². The lowest BCUT2D eigenvalue weighted by Crippen LogP contribution is -2.47. The summed E-state index contributed by atoms with van der Waals surface area (Å²) in [6, 6.07) is 11.7. The summed E-state index contributed by atoms with van der Waals surface area (Å²) in [5, 5.41) is 11.8. The molecule has 1 aliphatic heterocycles. The number of nitrogens with zero attached hydrogens (tertiary/aromatic N) is 3. The zero-order valence-corrected chi connectivity index (χ0v) is 16.4. The number of morpholine rings is 1. The van der Waals surface area contributed by atoms with Crippen LogP contribution >= 0.6 is 11.3 Å². The highest BCUT2D eigenvalue weighted by atomic mass is 32.1. The molecule has 1 unspecified atom stereocenters. The molecule has 28 heavy (non-hydrogen) atoms. The van der Waals surface area contributed by atoms with Gasteiger partial charge in [-0.1, -0.05) is 42.5 Å². The summed E-state index contributed by atoms with van der Waals surface area (Å²) in [7, 11) is 0. The highest BCUT2D eigenvalue weighted by Gasteiger charge is 2.23. The zero-order chi connectivity index (χ0) is 19.3. The van der Waals surface area contributed by atoms with Crippen LogP contribution in [0, 0.1) is 0 Å². The maximum atomic E-state index is 12.4. The predicted molar refractivity (Wildman–Crippen MR) is 108 cm³/mol. The molecule has 7 nitrogen and oxygen atoms in total. The van der Waals surface area contributed by atoms with Crippen LogP contribution < -0.4 is 10.2 Å². The van der Waals surface area contributed by atoms with Crippen molar-refractivity contribution in [3.05, 3.63) is 53.2 Å². The van der Waals surface area contributed by atoms with Crippen molar-refractivity contribution >= 4 is 22.4 Å². The van der Waals surface area contributed by atoms with Crippen LogP contribution in [0.25, 0.3) is 11.3 Å². The Morgan fingerprint density at radius 2 is 2.14 bits per heavy atom. The van der Waals surface area contributed by atoms with E-state index in [1.54, 1.807) is 11.6 Å². The molecule has 1 atom stereocenters. The Bertz CT molecular complexity index is 908. The second kappa shape index (κ2) is 8.53. The lowest BCUT2D eigenvalue weighted by Gasteiger charge is -2.32. The Morgan fingerprint density at radius 1 is 1.29 bits per heavy atom. The third-order valence-corrected chi connectivity index (χ3v) is 5.47. The summed E-state index contributed by atoms with van der Waals surface area (Å²) in [6.45, 7) is 4.57. The number of benzene rings is 1. The molecule has 1 saturated heterocycles. The minimum absolute atomic E-state index is 0.0994. The number of anilines is 1. The number of aryl methyl sites for hydroxylation is 1. The summed E-state index contributed by atoms with van der Waals surface area (Å²) in [4.78, 5) is 14.6. The van der Waals surface area contributed by atoms with E-state index in [-0.39, 0.29) is 12.0 Å². The third kappa shape index (κ3) is 4.23. The molecule has 0 saturated carbocycles. The summed E-state index contributed by atoms with van der Waals surface area (Å²) in [5.74, 6) is 0.739. The average Bonchev–Trinajstić information content (AvgIpc) is 3.45. The molecule has 1 aromatic carbocycles. The quantitative estimate of drug-likeness (QED) is 0.688. The van der Waals surface area contributed by atoms with E-state index in [9.17, 15) is 4.79 Å². The van der Waals surface area contributed by atoms with Crippen molar-refractivity contribution in [3.8, 4) is 11.3 Å². The Morgan fingerprint density at radius 3 is 2.89 bits per heavy atom. The van der Waals surface area contributed by atoms with Crippen molar-refractivity contribution in [3.63, 3.8) is 0 Å². The van der Waals surface area contributed by atoms with E-state index < -0.39 is 0 Å². The zero-order valence-electron chi connectivity index (χ0n) is 15.6. The normalized spacial score (nSPS) is 16.9. The van der Waals surface area contributed by atoms with Gasteiger partial charge in [-0.15, -0.1) is 10.2 Å². The molecule has 0 radical (unpaired) electrons. The molecule has 146 valence electrons. The topological polar surface area (TPSA) is 80.5 Å². The van der Waals surface area contributed by atoms with Gasteiger partial charge in [0.15, 0.2) is 5.76 Å². The van der Waals surface area contributed by atoms with Gasteiger partial charge in [0.2, 0.25) is 5.13 Å². The Labute approximate surface area is 167 Å². The second-order valence-corrected chi connectivity index (χ2v) is 7.40. The van der Waals surface area contributed by atoms with E-state index in [1.807, 2.05) is 18.2 Å². The summed E-state index contributed by atoms with van der Waals surface area (Å²) in [6.07, 6.45) is 0.892. The first-order valence-electron chi connectivity index (χ1n) is 9.33. The van der Waals surface area contributed by atoms with E-state index in [0.717, 1.165) is 23.7 Å². The molecule has 1 aliphatic rings. The maximum absolute atomic E-state index is 12.4. The smallest absolute Gasteiger partial charge is 0.287 e. The van der Waals surface area contributed by atoms with Gasteiger partial charge in [0.05, 0.1) is 12.7 Å². The molecule has 4 rings (SSSR count). The van der Waals surface area contributed by atoms with E-state index >= 15 is 0 Å². The molecule has 1 N–H and O–H groups in total. The van der Waals surface area contributed by atoms with Gasteiger partial charge in [-0.25, -0.2) is 0 Å². The van der Waals surface area contributed by atoms with Gasteiger partial charge in [-0.05, 0) is 24.1 Å². The number of hydrogen-bond donors (Lipinski definition) is 1. The Kier molecular flexibility index (Phi) is 5.68. The predicted octanol–water partition coefficient (Wildman–Crippen LogP) is 3.00. The minimum Gasteiger partial charge on any atom is -0.451 e. The molecule has 1 fully saturated rings. The van der Waals surface area contributed by atoms with Gasteiger partial charge in [0, 0.05) is 25.2 Å². The number of rotatable bonds is 6. The number of amides is 1. The van der Waals surface area contributed by atoms with E-state index in [1.165, 1.54) is 16.9 Å². The molecule has 3 heterocycles. The van der Waals surface area contributed by atoms with Gasteiger partial charge in [0.25, 0.3) is 5.91 Å².